The second-order valence-electron chi connectivity index (χ2n) is 14.6. The highest BCUT2D eigenvalue weighted by atomic mass is 32.2. The van der Waals surface area contributed by atoms with Crippen LogP contribution in [0, 0.1) is 46.3 Å². The molecule has 0 unspecified atom stereocenters. The van der Waals surface area contributed by atoms with Crippen molar-refractivity contribution in [2.24, 2.45) is 46.3 Å². The maximum absolute atomic E-state index is 12.9. The zero-order valence-electron chi connectivity index (χ0n) is 23.9. The van der Waals surface area contributed by atoms with Crippen LogP contribution in [0.3, 0.4) is 0 Å². The summed E-state index contributed by atoms with van der Waals surface area (Å²) in [6.45, 7) is 7.06. The number of aliphatic hydroxyl groups is 2. The number of carbonyl (C=O) groups excluding carboxylic acids is 1. The molecule has 0 bridgehead atoms. The van der Waals surface area contributed by atoms with Crippen LogP contribution < -0.4 is 5.32 Å². The van der Waals surface area contributed by atoms with Crippen molar-refractivity contribution in [1.82, 2.24) is 5.32 Å². The van der Waals surface area contributed by atoms with Crippen LogP contribution in [-0.2, 0) is 19.4 Å². The Hall–Kier alpha value is -1.19. The van der Waals surface area contributed by atoms with E-state index in [1.807, 2.05) is 0 Å². The summed E-state index contributed by atoms with van der Waals surface area (Å²) in [5.74, 6) is 0.523. The van der Waals surface area contributed by atoms with Gasteiger partial charge < -0.3 is 20.6 Å². The number of hydrogen-bond donors (Lipinski definition) is 4. The van der Waals surface area contributed by atoms with Gasteiger partial charge in [-0.25, -0.2) is 13.2 Å². The van der Waals surface area contributed by atoms with Crippen LogP contribution in [0.25, 0.3) is 0 Å². The number of carbonyl (C=O) groups is 2. The number of carboxylic acids is 1. The molecule has 0 radical (unpaired) electrons. The molecule has 0 aromatic rings. The number of sulfone groups is 1. The van der Waals surface area contributed by atoms with E-state index in [4.69, 9.17) is 0 Å². The summed E-state index contributed by atoms with van der Waals surface area (Å²) in [5.41, 5.74) is -1.17. The molecule has 1 saturated heterocycles. The van der Waals surface area contributed by atoms with Gasteiger partial charge in [0.1, 0.15) is 5.54 Å². The number of hydrogen-bond acceptors (Lipinski definition) is 6. The fourth-order valence-corrected chi connectivity index (χ4v) is 11.9. The predicted molar refractivity (Wildman–Crippen MR) is 147 cm³/mol. The number of rotatable bonds is 6. The second kappa shape index (κ2) is 10.3. The van der Waals surface area contributed by atoms with Crippen molar-refractivity contribution in [3.05, 3.63) is 0 Å². The fourth-order valence-electron chi connectivity index (χ4n) is 10.3. The quantitative estimate of drug-likeness (QED) is 0.385. The van der Waals surface area contributed by atoms with Gasteiger partial charge in [-0.1, -0.05) is 20.8 Å². The predicted octanol–water partition coefficient (Wildman–Crippen LogP) is 3.54. The minimum atomic E-state index is -3.25. The largest absolute Gasteiger partial charge is 0.480 e. The third-order valence-electron chi connectivity index (χ3n) is 12.7. The molecule has 0 spiro atoms. The van der Waals surface area contributed by atoms with Gasteiger partial charge in [0.2, 0.25) is 5.91 Å². The molecule has 8 nitrogen and oxygen atoms in total. The zero-order valence-corrected chi connectivity index (χ0v) is 24.7. The number of carboxylic acid groups (broad SMARTS) is 1. The summed E-state index contributed by atoms with van der Waals surface area (Å²) >= 11 is 0. The van der Waals surface area contributed by atoms with Crippen molar-refractivity contribution < 1.29 is 33.3 Å². The standard InChI is InChI=1S/C30H49NO7S/c1-18(4-7-25(34)31-30(27(35)36)12-14-39(37,38)15-13-30)21-5-6-22-26-23(9-11-29(21,22)3)28(2)10-8-20(32)16-19(28)17-24(26)33/h18-24,26,32-33H,4-17H2,1-3H3,(H,31,34)(H,35,36)/t18-,19+,20-,21-,22+,23+,24+,26+,28+,29-/m1/s1. The summed E-state index contributed by atoms with van der Waals surface area (Å²) in [7, 11) is -3.25. The molecule has 10 atom stereocenters. The number of amides is 1. The normalized spacial score (nSPS) is 45.3. The summed E-state index contributed by atoms with van der Waals surface area (Å²) in [6.07, 6.45) is 8.18. The SMILES string of the molecule is C[C@H](CCC(=O)NC1(C(=O)O)CCS(=O)(=O)CC1)[C@H]1CC[C@H]2[C@@H]3[C@@H](O)C[C@@H]4C[C@H](O)CC[C@]4(C)[C@H]3CC[C@]12C. The lowest BCUT2D eigenvalue weighted by Crippen LogP contribution is -2.58. The first-order valence-electron chi connectivity index (χ1n) is 15.3. The maximum Gasteiger partial charge on any atom is 0.329 e. The van der Waals surface area contributed by atoms with Gasteiger partial charge in [0, 0.05) is 6.42 Å². The van der Waals surface area contributed by atoms with Gasteiger partial charge >= 0.3 is 5.97 Å². The Morgan fingerprint density at radius 3 is 2.23 bits per heavy atom. The first kappa shape index (κ1) is 29.3. The molecule has 5 rings (SSSR count). The molecule has 4 N–H and O–H groups in total. The first-order valence-corrected chi connectivity index (χ1v) is 17.1. The molecule has 1 aliphatic heterocycles. The van der Waals surface area contributed by atoms with Crippen LogP contribution in [0.5, 0.6) is 0 Å². The number of fused-ring (bicyclic) bond motifs is 5. The monoisotopic (exact) mass is 567 g/mol. The highest BCUT2D eigenvalue weighted by Gasteiger charge is 2.62. The molecule has 0 aromatic carbocycles. The molecule has 1 amide bonds. The number of aliphatic carboxylic acids is 1. The second-order valence-corrected chi connectivity index (χ2v) is 16.9. The molecule has 1 heterocycles. The fraction of sp³-hybridized carbons (Fsp3) is 0.933. The molecule has 0 aromatic heterocycles. The number of aliphatic hydroxyl groups excluding tert-OH is 2. The number of nitrogens with one attached hydrogen (secondary N) is 1. The van der Waals surface area contributed by atoms with Crippen LogP contribution in [0.15, 0.2) is 0 Å². The summed E-state index contributed by atoms with van der Waals surface area (Å²) in [4.78, 5) is 24.9. The van der Waals surface area contributed by atoms with Crippen LogP contribution in [0.1, 0.15) is 97.8 Å². The highest BCUT2D eigenvalue weighted by Crippen LogP contribution is 2.68. The summed E-state index contributed by atoms with van der Waals surface area (Å²) in [6, 6.07) is 0. The van der Waals surface area contributed by atoms with Crippen LogP contribution in [0.4, 0.5) is 0 Å². The Bertz CT molecular complexity index is 1060. The Morgan fingerprint density at radius 2 is 1.56 bits per heavy atom. The summed E-state index contributed by atoms with van der Waals surface area (Å²) in [5, 5.41) is 34.3. The van der Waals surface area contributed by atoms with Crippen molar-refractivity contribution >= 4 is 21.7 Å². The highest BCUT2D eigenvalue weighted by molar-refractivity contribution is 7.91. The van der Waals surface area contributed by atoms with E-state index in [9.17, 15) is 33.3 Å². The van der Waals surface area contributed by atoms with E-state index in [-0.39, 0.29) is 59.7 Å². The van der Waals surface area contributed by atoms with Gasteiger partial charge in [-0.15, -0.1) is 0 Å². The van der Waals surface area contributed by atoms with E-state index < -0.39 is 21.3 Å². The van der Waals surface area contributed by atoms with Crippen molar-refractivity contribution in [2.75, 3.05) is 11.5 Å². The van der Waals surface area contributed by atoms with E-state index in [2.05, 4.69) is 26.1 Å². The Labute approximate surface area is 233 Å². The third-order valence-corrected chi connectivity index (χ3v) is 14.4. The van der Waals surface area contributed by atoms with Crippen LogP contribution in [0.2, 0.25) is 0 Å². The van der Waals surface area contributed by atoms with Crippen molar-refractivity contribution in [3.63, 3.8) is 0 Å². The van der Waals surface area contributed by atoms with Gasteiger partial charge in [-0.2, -0.15) is 0 Å². The van der Waals surface area contributed by atoms with E-state index >= 15 is 0 Å². The van der Waals surface area contributed by atoms with Gasteiger partial charge in [-0.05, 0) is 117 Å². The minimum absolute atomic E-state index is 0.0854. The van der Waals surface area contributed by atoms with Gasteiger partial charge in [0.15, 0.2) is 9.84 Å². The van der Waals surface area contributed by atoms with Crippen molar-refractivity contribution in [2.45, 2.75) is 116 Å². The van der Waals surface area contributed by atoms with E-state index in [1.165, 1.54) is 0 Å². The average Bonchev–Trinajstić information content (AvgIpc) is 3.22. The van der Waals surface area contributed by atoms with Gasteiger partial charge in [0.05, 0.1) is 23.7 Å². The zero-order chi connectivity index (χ0) is 28.4. The smallest absolute Gasteiger partial charge is 0.329 e. The summed E-state index contributed by atoms with van der Waals surface area (Å²) < 4.78 is 23.7. The lowest BCUT2D eigenvalue weighted by molar-refractivity contribution is -0.174. The van der Waals surface area contributed by atoms with Crippen LogP contribution >= 0.6 is 0 Å². The van der Waals surface area contributed by atoms with E-state index in [0.29, 0.717) is 41.9 Å². The first-order chi connectivity index (χ1) is 18.2. The lowest BCUT2D eigenvalue weighted by Gasteiger charge is -2.62. The average molecular weight is 568 g/mol. The van der Waals surface area contributed by atoms with Crippen molar-refractivity contribution in [1.29, 1.82) is 0 Å². The molecule has 5 aliphatic rings. The molecular weight excluding hydrogens is 518 g/mol. The Kier molecular flexibility index (Phi) is 7.71. The molecule has 222 valence electrons. The molecule has 4 saturated carbocycles. The topological polar surface area (TPSA) is 141 Å². The molecule has 4 aliphatic carbocycles. The Morgan fingerprint density at radius 1 is 0.923 bits per heavy atom. The van der Waals surface area contributed by atoms with E-state index in [1.54, 1.807) is 0 Å². The Balaban J connectivity index is 1.22. The van der Waals surface area contributed by atoms with Gasteiger partial charge in [0.25, 0.3) is 0 Å². The lowest BCUT2D eigenvalue weighted by atomic mass is 9.43. The maximum atomic E-state index is 12.9. The van der Waals surface area contributed by atoms with Gasteiger partial charge in [-0.3, -0.25) is 4.79 Å². The molecular formula is C30H49NO7S. The molecule has 9 heteroatoms. The minimum Gasteiger partial charge on any atom is -0.480 e. The molecule has 39 heavy (non-hydrogen) atoms. The molecule has 5 fully saturated rings. The third kappa shape index (κ3) is 5.07. The van der Waals surface area contributed by atoms with Crippen molar-refractivity contribution in [3.8, 4) is 0 Å². The van der Waals surface area contributed by atoms with E-state index in [0.717, 1.165) is 51.4 Å². The van der Waals surface area contributed by atoms with Crippen LogP contribution in [-0.4, -0.2) is 64.9 Å².